The summed E-state index contributed by atoms with van der Waals surface area (Å²) in [6.07, 6.45) is 7.83. The van der Waals surface area contributed by atoms with Crippen molar-refractivity contribution in [2.45, 2.75) is 39.7 Å². The molecular weight excluding hydrogens is 325 g/mol. The van der Waals surface area contributed by atoms with Crippen molar-refractivity contribution in [2.24, 2.45) is 22.6 Å². The maximum absolute atomic E-state index is 5.99. The second-order valence-corrected chi connectivity index (χ2v) is 5.01. The van der Waals surface area contributed by atoms with Crippen molar-refractivity contribution in [3.63, 3.8) is 0 Å². The Morgan fingerprint density at radius 2 is 1.94 bits per heavy atom. The van der Waals surface area contributed by atoms with Crippen LogP contribution in [0.3, 0.4) is 0 Å². The van der Waals surface area contributed by atoms with E-state index in [2.05, 4.69) is 36.6 Å². The highest BCUT2D eigenvalue weighted by atomic mass is 127. The molecule has 1 atom stereocenters. The molecule has 0 radical (unpaired) electrons. The number of piperidine rings is 1. The molecular formula is C13H24IN3. The lowest BCUT2D eigenvalue weighted by Crippen LogP contribution is -2.43. The molecule has 1 aliphatic heterocycles. The van der Waals surface area contributed by atoms with Crippen molar-refractivity contribution in [3.05, 3.63) is 0 Å². The number of hydrogen-bond acceptors (Lipinski definition) is 1. The lowest BCUT2D eigenvalue weighted by molar-refractivity contribution is 0.277. The molecule has 17 heavy (non-hydrogen) atoms. The van der Waals surface area contributed by atoms with E-state index in [9.17, 15) is 0 Å². The molecule has 1 fully saturated rings. The van der Waals surface area contributed by atoms with Gasteiger partial charge in [-0.1, -0.05) is 26.7 Å². The summed E-state index contributed by atoms with van der Waals surface area (Å²) in [4.78, 5) is 6.57. The minimum atomic E-state index is -0.0978. The van der Waals surface area contributed by atoms with Gasteiger partial charge in [0, 0.05) is 13.1 Å². The van der Waals surface area contributed by atoms with Gasteiger partial charge in [-0.25, -0.2) is 4.99 Å². The molecule has 1 heterocycles. The maximum atomic E-state index is 5.99. The molecule has 2 N–H and O–H groups in total. The van der Waals surface area contributed by atoms with E-state index in [0.717, 1.165) is 19.0 Å². The summed E-state index contributed by atoms with van der Waals surface area (Å²) in [6.45, 7) is 8.43. The van der Waals surface area contributed by atoms with Gasteiger partial charge in [0.2, 0.25) is 0 Å². The number of hydrogen-bond donors (Lipinski definition) is 1. The number of aliphatic imine (C=N–C) groups is 1. The number of terminal acetylenes is 1. The molecule has 98 valence electrons. The van der Waals surface area contributed by atoms with Gasteiger partial charge >= 0.3 is 0 Å². The minimum absolute atomic E-state index is 0. The summed E-state index contributed by atoms with van der Waals surface area (Å²) in [5.74, 6) is 4.44. The van der Waals surface area contributed by atoms with Gasteiger partial charge in [0.25, 0.3) is 0 Å². The molecule has 0 bridgehead atoms. The topological polar surface area (TPSA) is 41.6 Å². The van der Waals surface area contributed by atoms with Gasteiger partial charge in [0.15, 0.2) is 5.96 Å². The van der Waals surface area contributed by atoms with Crippen LogP contribution in [0.4, 0.5) is 0 Å². The van der Waals surface area contributed by atoms with E-state index in [-0.39, 0.29) is 30.0 Å². The summed E-state index contributed by atoms with van der Waals surface area (Å²) >= 11 is 0. The summed E-state index contributed by atoms with van der Waals surface area (Å²) in [5.41, 5.74) is 5.99. The van der Waals surface area contributed by atoms with Crippen LogP contribution in [0.5, 0.6) is 0 Å². The Kier molecular flexibility index (Phi) is 7.60. The molecule has 0 aliphatic carbocycles. The monoisotopic (exact) mass is 349 g/mol. The van der Waals surface area contributed by atoms with E-state index in [1.807, 2.05) is 0 Å². The van der Waals surface area contributed by atoms with Gasteiger partial charge < -0.3 is 10.6 Å². The predicted molar refractivity (Wildman–Crippen MR) is 84.5 cm³/mol. The third-order valence-corrected chi connectivity index (χ3v) is 3.18. The van der Waals surface area contributed by atoms with Crippen molar-refractivity contribution in [3.8, 4) is 12.3 Å². The van der Waals surface area contributed by atoms with Crippen LogP contribution >= 0.6 is 24.0 Å². The first-order valence-electron chi connectivity index (χ1n) is 6.09. The summed E-state index contributed by atoms with van der Waals surface area (Å²) in [7, 11) is 0. The largest absolute Gasteiger partial charge is 0.370 e. The summed E-state index contributed by atoms with van der Waals surface area (Å²) < 4.78 is 0. The first kappa shape index (κ1) is 16.6. The zero-order valence-electron chi connectivity index (χ0n) is 11.0. The number of nitrogens with zero attached hydrogens (tertiary/aromatic N) is 2. The molecule has 3 nitrogen and oxygen atoms in total. The van der Waals surface area contributed by atoms with E-state index < -0.39 is 0 Å². The average Bonchev–Trinajstić information content (AvgIpc) is 2.26. The molecule has 1 unspecified atom stereocenters. The molecule has 1 saturated heterocycles. The van der Waals surface area contributed by atoms with E-state index >= 15 is 0 Å². The Morgan fingerprint density at radius 3 is 2.35 bits per heavy atom. The van der Waals surface area contributed by atoms with Crippen molar-refractivity contribution in [1.29, 1.82) is 0 Å². The van der Waals surface area contributed by atoms with Crippen LogP contribution in [0, 0.1) is 24.2 Å². The van der Waals surface area contributed by atoms with Gasteiger partial charge in [0.05, 0.1) is 0 Å². The fourth-order valence-corrected chi connectivity index (χ4v) is 1.84. The number of likely N-dealkylation sites (tertiary alicyclic amines) is 1. The van der Waals surface area contributed by atoms with E-state index in [0.29, 0.717) is 11.9 Å². The molecule has 0 amide bonds. The second kappa shape index (κ2) is 7.80. The third kappa shape index (κ3) is 5.15. The number of rotatable bonds is 2. The summed E-state index contributed by atoms with van der Waals surface area (Å²) in [5, 5.41) is 0. The van der Waals surface area contributed by atoms with Gasteiger partial charge in [-0.15, -0.1) is 30.4 Å². The number of nitrogens with two attached hydrogens (primary N) is 1. The van der Waals surface area contributed by atoms with Crippen LogP contribution in [-0.4, -0.2) is 30.0 Å². The van der Waals surface area contributed by atoms with Gasteiger partial charge in [-0.2, -0.15) is 0 Å². The van der Waals surface area contributed by atoms with Crippen LogP contribution in [0.15, 0.2) is 4.99 Å². The number of guanidine groups is 1. The van der Waals surface area contributed by atoms with Gasteiger partial charge in [-0.3, -0.25) is 0 Å². The highest BCUT2D eigenvalue weighted by Crippen LogP contribution is 2.16. The lowest BCUT2D eigenvalue weighted by Gasteiger charge is -2.31. The fraction of sp³-hybridized carbons (Fsp3) is 0.769. The van der Waals surface area contributed by atoms with E-state index in [1.54, 1.807) is 0 Å². The predicted octanol–water partition coefficient (Wildman–Crippen LogP) is 2.31. The fourth-order valence-electron chi connectivity index (χ4n) is 1.84. The third-order valence-electron chi connectivity index (χ3n) is 3.18. The van der Waals surface area contributed by atoms with Crippen molar-refractivity contribution in [1.82, 2.24) is 4.90 Å². The molecule has 0 aromatic rings. The van der Waals surface area contributed by atoms with Crippen molar-refractivity contribution >= 4 is 29.9 Å². The van der Waals surface area contributed by atoms with Crippen LogP contribution in [-0.2, 0) is 0 Å². The molecule has 1 aliphatic rings. The van der Waals surface area contributed by atoms with E-state index in [1.165, 1.54) is 12.8 Å². The zero-order chi connectivity index (χ0) is 12.1. The minimum Gasteiger partial charge on any atom is -0.370 e. The van der Waals surface area contributed by atoms with Gasteiger partial charge in [-0.05, 0) is 24.7 Å². The summed E-state index contributed by atoms with van der Waals surface area (Å²) in [6, 6.07) is -0.0978. The first-order valence-corrected chi connectivity index (χ1v) is 6.09. The molecule has 0 saturated carbocycles. The Hall–Kier alpha value is -0.440. The van der Waals surface area contributed by atoms with Crippen LogP contribution in [0.2, 0.25) is 0 Å². The molecule has 4 heteroatoms. The van der Waals surface area contributed by atoms with Crippen LogP contribution in [0.25, 0.3) is 0 Å². The Labute approximate surface area is 122 Å². The molecule has 0 aromatic carbocycles. The molecule has 0 spiro atoms. The normalized spacial score (nSPS) is 19.7. The highest BCUT2D eigenvalue weighted by molar-refractivity contribution is 14.0. The maximum Gasteiger partial charge on any atom is 0.192 e. The first-order chi connectivity index (χ1) is 7.54. The van der Waals surface area contributed by atoms with E-state index in [4.69, 9.17) is 12.2 Å². The quantitative estimate of drug-likeness (QED) is 0.360. The standard InChI is InChI=1S/C13H23N3.HI/c1-5-12(10(2)3)15-13(14)16-8-6-11(4)7-9-16;/h1,10-12H,6-9H2,2-4H3,(H2,14,15);1H. The Morgan fingerprint density at radius 1 is 1.41 bits per heavy atom. The lowest BCUT2D eigenvalue weighted by atomic mass is 9.99. The van der Waals surface area contributed by atoms with Crippen molar-refractivity contribution < 1.29 is 0 Å². The Bertz CT molecular complexity index is 286. The highest BCUT2D eigenvalue weighted by Gasteiger charge is 2.18. The smallest absolute Gasteiger partial charge is 0.192 e. The van der Waals surface area contributed by atoms with Crippen molar-refractivity contribution in [2.75, 3.05) is 13.1 Å². The molecule has 1 rings (SSSR count). The second-order valence-electron chi connectivity index (χ2n) is 5.01. The Balaban J connectivity index is 0.00000256. The van der Waals surface area contributed by atoms with Crippen LogP contribution in [0.1, 0.15) is 33.6 Å². The number of halogens is 1. The molecule has 0 aromatic heterocycles. The SMILES string of the molecule is C#CC(N=C(N)N1CCC(C)CC1)C(C)C.I. The zero-order valence-corrected chi connectivity index (χ0v) is 13.3. The van der Waals surface area contributed by atoms with Crippen LogP contribution < -0.4 is 5.73 Å². The average molecular weight is 349 g/mol. The van der Waals surface area contributed by atoms with Gasteiger partial charge in [0.1, 0.15) is 6.04 Å².